The van der Waals surface area contributed by atoms with Gasteiger partial charge >= 0.3 is 0 Å². The molecule has 0 aliphatic heterocycles. The van der Waals surface area contributed by atoms with Crippen molar-refractivity contribution in [2.75, 3.05) is 0 Å². The fourth-order valence-corrected chi connectivity index (χ4v) is 1.91. The highest BCUT2D eigenvalue weighted by atomic mass is 16.1. The smallest absolute Gasteiger partial charge is 0.137 e. The van der Waals surface area contributed by atoms with Crippen molar-refractivity contribution in [1.82, 2.24) is 4.98 Å². The van der Waals surface area contributed by atoms with E-state index in [2.05, 4.69) is 18.0 Å². The molecule has 1 aromatic heterocycles. The van der Waals surface area contributed by atoms with Crippen LogP contribution in [0.3, 0.4) is 0 Å². The maximum atomic E-state index is 10.5. The number of nitrogens with one attached hydrogen (secondary N) is 1. The largest absolute Gasteiger partial charge is 0.361 e. The van der Waals surface area contributed by atoms with Gasteiger partial charge in [-0.1, -0.05) is 12.1 Å². The summed E-state index contributed by atoms with van der Waals surface area (Å²) in [5.41, 5.74) is 9.05. The number of hydrogen-bond acceptors (Lipinski definition) is 2. The summed E-state index contributed by atoms with van der Waals surface area (Å²) in [6.45, 7) is 2.06. The number of hydrogen-bond donors (Lipinski definition) is 2. The van der Waals surface area contributed by atoms with Crippen molar-refractivity contribution in [2.45, 2.75) is 19.4 Å². The number of fused-ring (bicyclic) bond motifs is 1. The Labute approximate surface area is 88.3 Å². The summed E-state index contributed by atoms with van der Waals surface area (Å²) < 4.78 is 0. The minimum absolute atomic E-state index is 0.413. The lowest BCUT2D eigenvalue weighted by molar-refractivity contribution is -0.108. The summed E-state index contributed by atoms with van der Waals surface area (Å²) in [5, 5.41) is 1.19. The molecule has 3 heteroatoms. The average Bonchev–Trinajstić information content (AvgIpc) is 2.63. The molecule has 0 aliphatic rings. The zero-order chi connectivity index (χ0) is 10.8. The van der Waals surface area contributed by atoms with Gasteiger partial charge in [0.15, 0.2) is 0 Å². The van der Waals surface area contributed by atoms with Crippen LogP contribution < -0.4 is 5.73 Å². The zero-order valence-corrected chi connectivity index (χ0v) is 8.66. The van der Waals surface area contributed by atoms with Gasteiger partial charge < -0.3 is 15.5 Å². The van der Waals surface area contributed by atoms with Crippen molar-refractivity contribution < 1.29 is 4.79 Å². The molecule has 0 amide bonds. The Morgan fingerprint density at radius 1 is 1.53 bits per heavy atom. The van der Waals surface area contributed by atoms with Crippen molar-refractivity contribution >= 4 is 17.2 Å². The highest BCUT2D eigenvalue weighted by Gasteiger charge is 2.09. The number of carbonyl (C=O) groups is 1. The number of rotatable bonds is 3. The molecule has 1 atom stereocenters. The fourth-order valence-electron chi connectivity index (χ4n) is 1.91. The molecule has 0 radical (unpaired) electrons. The van der Waals surface area contributed by atoms with Crippen molar-refractivity contribution in [3.8, 4) is 0 Å². The van der Waals surface area contributed by atoms with Gasteiger partial charge in [-0.05, 0) is 30.5 Å². The first-order valence-corrected chi connectivity index (χ1v) is 4.99. The number of nitrogens with two attached hydrogens (primary N) is 1. The molecule has 3 N–H and O–H groups in total. The van der Waals surface area contributed by atoms with Gasteiger partial charge in [-0.15, -0.1) is 0 Å². The highest BCUT2D eigenvalue weighted by molar-refractivity contribution is 5.86. The second-order valence-corrected chi connectivity index (χ2v) is 3.82. The molecule has 1 heterocycles. The lowest BCUT2D eigenvalue weighted by Crippen LogP contribution is -2.23. The second kappa shape index (κ2) is 3.87. The molecule has 2 rings (SSSR count). The molecule has 3 nitrogen and oxygen atoms in total. The number of aromatic nitrogens is 1. The molecule has 1 aromatic carbocycles. The monoisotopic (exact) mass is 202 g/mol. The molecule has 0 saturated heterocycles. The van der Waals surface area contributed by atoms with E-state index in [4.69, 9.17) is 5.73 Å². The van der Waals surface area contributed by atoms with Crippen molar-refractivity contribution in [2.24, 2.45) is 5.73 Å². The molecule has 78 valence electrons. The van der Waals surface area contributed by atoms with Gasteiger partial charge in [0.1, 0.15) is 6.29 Å². The third-order valence-electron chi connectivity index (χ3n) is 2.63. The molecule has 2 aromatic rings. The van der Waals surface area contributed by atoms with Crippen molar-refractivity contribution in [3.63, 3.8) is 0 Å². The summed E-state index contributed by atoms with van der Waals surface area (Å²) in [7, 11) is 0. The standard InChI is InChI=1S/C12H14N2O/c1-8-3-2-4-11-12(8)9(6-14-11)5-10(13)7-15/h2-4,6-7,10,14H,5,13H2,1H3/t10-/m0/s1. The maximum absolute atomic E-state index is 10.5. The number of benzene rings is 1. The van der Waals surface area contributed by atoms with E-state index in [0.717, 1.165) is 17.4 Å². The fraction of sp³-hybridized carbons (Fsp3) is 0.250. The Kier molecular flexibility index (Phi) is 2.56. The number of aryl methyl sites for hydroxylation is 1. The van der Waals surface area contributed by atoms with E-state index in [9.17, 15) is 4.79 Å². The Morgan fingerprint density at radius 3 is 3.07 bits per heavy atom. The second-order valence-electron chi connectivity index (χ2n) is 3.82. The van der Waals surface area contributed by atoms with Crippen LogP contribution in [0.1, 0.15) is 11.1 Å². The minimum Gasteiger partial charge on any atom is -0.361 e. The van der Waals surface area contributed by atoms with E-state index in [1.807, 2.05) is 18.3 Å². The third-order valence-corrected chi connectivity index (χ3v) is 2.63. The molecule has 0 saturated carbocycles. The predicted molar refractivity (Wildman–Crippen MR) is 60.8 cm³/mol. The summed E-state index contributed by atoms with van der Waals surface area (Å²) in [5.74, 6) is 0. The van der Waals surface area contributed by atoms with Gasteiger partial charge in [0.25, 0.3) is 0 Å². The van der Waals surface area contributed by atoms with E-state index >= 15 is 0 Å². The minimum atomic E-state index is -0.413. The first-order valence-electron chi connectivity index (χ1n) is 4.99. The topological polar surface area (TPSA) is 58.9 Å². The summed E-state index contributed by atoms with van der Waals surface area (Å²) in [6, 6.07) is 5.69. The quantitative estimate of drug-likeness (QED) is 0.742. The van der Waals surface area contributed by atoms with Crippen LogP contribution in [0.25, 0.3) is 10.9 Å². The summed E-state index contributed by atoms with van der Waals surface area (Å²) in [4.78, 5) is 13.7. The van der Waals surface area contributed by atoms with E-state index in [1.54, 1.807) is 0 Å². The van der Waals surface area contributed by atoms with Crippen LogP contribution >= 0.6 is 0 Å². The molecule has 0 bridgehead atoms. The van der Waals surface area contributed by atoms with Crippen LogP contribution in [-0.4, -0.2) is 17.3 Å². The lowest BCUT2D eigenvalue weighted by atomic mass is 10.0. The van der Waals surface area contributed by atoms with Crippen LogP contribution in [0.15, 0.2) is 24.4 Å². The van der Waals surface area contributed by atoms with Gasteiger partial charge in [-0.3, -0.25) is 0 Å². The number of aldehydes is 1. The molecular formula is C12H14N2O. The number of H-pyrrole nitrogens is 1. The summed E-state index contributed by atoms with van der Waals surface area (Å²) >= 11 is 0. The van der Waals surface area contributed by atoms with Crippen molar-refractivity contribution in [3.05, 3.63) is 35.5 Å². The van der Waals surface area contributed by atoms with Gasteiger partial charge in [0, 0.05) is 17.1 Å². The molecule has 0 spiro atoms. The Balaban J connectivity index is 2.48. The van der Waals surface area contributed by atoms with E-state index in [-0.39, 0.29) is 0 Å². The van der Waals surface area contributed by atoms with Gasteiger partial charge in [0.2, 0.25) is 0 Å². The first kappa shape index (κ1) is 9.93. The third kappa shape index (κ3) is 1.78. The van der Waals surface area contributed by atoms with E-state index < -0.39 is 6.04 Å². The van der Waals surface area contributed by atoms with Gasteiger partial charge in [0.05, 0.1) is 6.04 Å². The molecule has 0 fully saturated rings. The van der Waals surface area contributed by atoms with Gasteiger partial charge in [-0.2, -0.15) is 0 Å². The van der Waals surface area contributed by atoms with Crippen LogP contribution in [0.4, 0.5) is 0 Å². The number of aromatic amines is 1. The predicted octanol–water partition coefficient (Wildman–Crippen LogP) is 1.55. The molecular weight excluding hydrogens is 188 g/mol. The van der Waals surface area contributed by atoms with Crippen LogP contribution in [0.5, 0.6) is 0 Å². The molecule has 15 heavy (non-hydrogen) atoms. The van der Waals surface area contributed by atoms with Gasteiger partial charge in [-0.25, -0.2) is 0 Å². The van der Waals surface area contributed by atoms with Crippen LogP contribution in [0.2, 0.25) is 0 Å². The van der Waals surface area contributed by atoms with E-state index in [0.29, 0.717) is 6.42 Å². The average molecular weight is 202 g/mol. The summed E-state index contributed by atoms with van der Waals surface area (Å²) in [6.07, 6.45) is 3.31. The highest BCUT2D eigenvalue weighted by Crippen LogP contribution is 2.22. The lowest BCUT2D eigenvalue weighted by Gasteiger charge is -2.03. The molecule has 0 unspecified atom stereocenters. The Morgan fingerprint density at radius 2 is 2.33 bits per heavy atom. The van der Waals surface area contributed by atoms with Crippen LogP contribution in [0, 0.1) is 6.92 Å². The first-order chi connectivity index (χ1) is 7.22. The van der Waals surface area contributed by atoms with E-state index in [1.165, 1.54) is 10.9 Å². The number of carbonyl (C=O) groups excluding carboxylic acids is 1. The van der Waals surface area contributed by atoms with Crippen molar-refractivity contribution in [1.29, 1.82) is 0 Å². The Hall–Kier alpha value is -1.61. The normalized spacial score (nSPS) is 12.9. The maximum Gasteiger partial charge on any atom is 0.137 e. The van der Waals surface area contributed by atoms with Crippen LogP contribution in [-0.2, 0) is 11.2 Å². The Bertz CT molecular complexity index is 487. The SMILES string of the molecule is Cc1cccc2[nH]cc(C[C@H](N)C=O)c12. The zero-order valence-electron chi connectivity index (χ0n) is 8.66. The molecule has 0 aliphatic carbocycles.